The van der Waals surface area contributed by atoms with Gasteiger partial charge in [-0.2, -0.15) is 0 Å². The van der Waals surface area contributed by atoms with Gasteiger partial charge in [0.2, 0.25) is 5.91 Å². The Morgan fingerprint density at radius 3 is 2.26 bits per heavy atom. The molecule has 0 spiro atoms. The molecular weight excluding hydrogens is 311 g/mol. The van der Waals surface area contributed by atoms with Gasteiger partial charge in [-0.1, -0.05) is 0 Å². The van der Waals surface area contributed by atoms with Crippen LogP contribution >= 0.6 is 0 Å². The van der Waals surface area contributed by atoms with Gasteiger partial charge in [0.05, 0.1) is 6.10 Å². The van der Waals surface area contributed by atoms with Gasteiger partial charge in [0, 0.05) is 18.2 Å². The number of ether oxygens (including phenoxy) is 1. The molecule has 1 aliphatic carbocycles. The first-order chi connectivity index (χ1) is 10.8. The number of nitrogens with zero attached hydrogens (tertiary/aromatic N) is 1. The summed E-state index contributed by atoms with van der Waals surface area (Å²) in [6, 6.07) is 5.28. The minimum atomic E-state index is -4.73. The largest absolute Gasteiger partial charge is 0.573 e. The summed E-state index contributed by atoms with van der Waals surface area (Å²) >= 11 is 0. The lowest BCUT2D eigenvalue weighted by atomic mass is 9.86. The molecule has 0 heterocycles. The van der Waals surface area contributed by atoms with Crippen LogP contribution in [0.4, 0.5) is 18.9 Å². The number of hydrogen-bond acceptors (Lipinski definition) is 3. The van der Waals surface area contributed by atoms with E-state index in [1.807, 2.05) is 6.92 Å². The number of hydrogen-bond donors (Lipinski definition) is 1. The molecule has 1 N–H and O–H groups in total. The molecule has 1 aromatic carbocycles. The van der Waals surface area contributed by atoms with Crippen molar-refractivity contribution in [3.63, 3.8) is 0 Å². The van der Waals surface area contributed by atoms with Gasteiger partial charge in [-0.15, -0.1) is 13.2 Å². The Balaban J connectivity index is 2.06. The molecule has 128 valence electrons. The molecule has 0 radical (unpaired) electrons. The maximum atomic E-state index is 12.6. The average Bonchev–Trinajstić information content (AvgIpc) is 2.49. The summed E-state index contributed by atoms with van der Waals surface area (Å²) in [6.07, 6.45) is -2.60. The van der Waals surface area contributed by atoms with E-state index in [4.69, 9.17) is 0 Å². The van der Waals surface area contributed by atoms with Crippen LogP contribution in [0.1, 0.15) is 32.6 Å². The zero-order valence-corrected chi connectivity index (χ0v) is 12.8. The predicted octanol–water partition coefficient (Wildman–Crippen LogP) is 3.49. The highest BCUT2D eigenvalue weighted by atomic mass is 19.4. The molecule has 0 saturated heterocycles. The number of amides is 1. The Morgan fingerprint density at radius 2 is 1.78 bits per heavy atom. The van der Waals surface area contributed by atoms with Crippen molar-refractivity contribution >= 4 is 11.6 Å². The number of halogens is 3. The lowest BCUT2D eigenvalue weighted by Crippen LogP contribution is -2.38. The number of carbonyl (C=O) groups excluding carboxylic acids is 1. The Bertz CT molecular complexity index is 522. The van der Waals surface area contributed by atoms with Gasteiger partial charge in [-0.05, 0) is 56.9 Å². The Kier molecular flexibility index (Phi) is 5.51. The van der Waals surface area contributed by atoms with E-state index in [1.54, 1.807) is 4.90 Å². The van der Waals surface area contributed by atoms with Crippen molar-refractivity contribution in [2.24, 2.45) is 5.92 Å². The highest BCUT2D eigenvalue weighted by Crippen LogP contribution is 2.29. The van der Waals surface area contributed by atoms with E-state index in [0.29, 0.717) is 37.9 Å². The first-order valence-electron chi connectivity index (χ1n) is 7.65. The first-order valence-corrected chi connectivity index (χ1v) is 7.65. The minimum absolute atomic E-state index is 0.0520. The standard InChI is InChI=1S/C16H20F3NO3/c1-2-20(15(22)11-3-7-13(21)8-4-11)12-5-9-14(10-6-12)23-16(17,18)19/h5-6,9-11,13,21H,2-4,7-8H2,1H3. The topological polar surface area (TPSA) is 49.8 Å². The minimum Gasteiger partial charge on any atom is -0.406 e. The summed E-state index contributed by atoms with van der Waals surface area (Å²) in [5, 5.41) is 9.51. The smallest absolute Gasteiger partial charge is 0.406 e. The van der Waals surface area contributed by atoms with E-state index in [2.05, 4.69) is 4.74 Å². The second-order valence-electron chi connectivity index (χ2n) is 5.63. The second-order valence-corrected chi connectivity index (χ2v) is 5.63. The van der Waals surface area contributed by atoms with Crippen LogP contribution in [0.15, 0.2) is 24.3 Å². The molecule has 23 heavy (non-hydrogen) atoms. The van der Waals surface area contributed by atoms with Crippen molar-refractivity contribution < 1.29 is 27.8 Å². The Labute approximate surface area is 132 Å². The van der Waals surface area contributed by atoms with Crippen LogP contribution in [0.3, 0.4) is 0 Å². The fourth-order valence-corrected chi connectivity index (χ4v) is 2.84. The third-order valence-corrected chi connectivity index (χ3v) is 4.01. The van der Waals surface area contributed by atoms with E-state index < -0.39 is 6.36 Å². The van der Waals surface area contributed by atoms with E-state index in [-0.39, 0.29) is 23.7 Å². The Hall–Kier alpha value is -1.76. The number of aliphatic hydroxyl groups excluding tert-OH is 1. The van der Waals surface area contributed by atoms with Crippen LogP contribution in [-0.2, 0) is 4.79 Å². The highest BCUT2D eigenvalue weighted by molar-refractivity contribution is 5.95. The van der Waals surface area contributed by atoms with Crippen molar-refractivity contribution in [2.45, 2.75) is 45.1 Å². The quantitative estimate of drug-likeness (QED) is 0.919. The first kappa shape index (κ1) is 17.6. The predicted molar refractivity (Wildman–Crippen MR) is 79.1 cm³/mol. The van der Waals surface area contributed by atoms with Gasteiger partial charge >= 0.3 is 6.36 Å². The van der Waals surface area contributed by atoms with E-state index in [9.17, 15) is 23.1 Å². The van der Waals surface area contributed by atoms with Gasteiger partial charge in [0.15, 0.2) is 0 Å². The molecule has 1 saturated carbocycles. The monoisotopic (exact) mass is 331 g/mol. The summed E-state index contributed by atoms with van der Waals surface area (Å²) in [5.74, 6) is -0.515. The fourth-order valence-electron chi connectivity index (χ4n) is 2.84. The van der Waals surface area contributed by atoms with Crippen LogP contribution in [0.2, 0.25) is 0 Å². The van der Waals surface area contributed by atoms with Crippen LogP contribution in [0, 0.1) is 5.92 Å². The molecule has 4 nitrogen and oxygen atoms in total. The fraction of sp³-hybridized carbons (Fsp3) is 0.562. The number of rotatable bonds is 4. The van der Waals surface area contributed by atoms with Crippen molar-refractivity contribution in [2.75, 3.05) is 11.4 Å². The molecule has 1 fully saturated rings. The molecule has 1 amide bonds. The Morgan fingerprint density at radius 1 is 1.22 bits per heavy atom. The third kappa shape index (κ3) is 4.86. The number of aliphatic hydroxyl groups is 1. The van der Waals surface area contributed by atoms with E-state index in [1.165, 1.54) is 24.3 Å². The summed E-state index contributed by atoms with van der Waals surface area (Å²) < 4.78 is 40.3. The molecule has 0 aromatic heterocycles. The molecule has 7 heteroatoms. The van der Waals surface area contributed by atoms with Crippen LogP contribution in [0.25, 0.3) is 0 Å². The summed E-state index contributed by atoms with van der Waals surface area (Å²) in [4.78, 5) is 14.1. The number of anilines is 1. The van der Waals surface area contributed by atoms with Gasteiger partial charge < -0.3 is 14.7 Å². The van der Waals surface area contributed by atoms with Crippen molar-refractivity contribution in [3.8, 4) is 5.75 Å². The molecule has 0 bridgehead atoms. The number of benzene rings is 1. The molecular formula is C16H20F3NO3. The molecule has 0 unspecified atom stereocenters. The zero-order valence-electron chi connectivity index (χ0n) is 12.8. The summed E-state index contributed by atoms with van der Waals surface area (Å²) in [7, 11) is 0. The summed E-state index contributed by atoms with van der Waals surface area (Å²) in [5.41, 5.74) is 0.540. The van der Waals surface area contributed by atoms with Crippen molar-refractivity contribution in [1.29, 1.82) is 0 Å². The van der Waals surface area contributed by atoms with Crippen LogP contribution in [-0.4, -0.2) is 30.0 Å². The summed E-state index contributed by atoms with van der Waals surface area (Å²) in [6.45, 7) is 2.24. The number of alkyl halides is 3. The molecule has 2 rings (SSSR count). The zero-order chi connectivity index (χ0) is 17.0. The molecule has 1 aromatic rings. The molecule has 0 aliphatic heterocycles. The normalized spacial score (nSPS) is 21.8. The second kappa shape index (κ2) is 7.21. The van der Waals surface area contributed by atoms with Crippen LogP contribution in [0.5, 0.6) is 5.75 Å². The maximum Gasteiger partial charge on any atom is 0.573 e. The molecule has 1 aliphatic rings. The van der Waals surface area contributed by atoms with E-state index in [0.717, 1.165) is 0 Å². The third-order valence-electron chi connectivity index (χ3n) is 4.01. The SMILES string of the molecule is CCN(C(=O)C1CCC(O)CC1)c1ccc(OC(F)(F)F)cc1. The lowest BCUT2D eigenvalue weighted by Gasteiger charge is -2.30. The van der Waals surface area contributed by atoms with Crippen molar-refractivity contribution in [3.05, 3.63) is 24.3 Å². The van der Waals surface area contributed by atoms with Crippen LogP contribution < -0.4 is 9.64 Å². The van der Waals surface area contributed by atoms with E-state index >= 15 is 0 Å². The highest BCUT2D eigenvalue weighted by Gasteiger charge is 2.31. The van der Waals surface area contributed by atoms with Gasteiger partial charge in [0.25, 0.3) is 0 Å². The van der Waals surface area contributed by atoms with Crippen molar-refractivity contribution in [1.82, 2.24) is 0 Å². The van der Waals surface area contributed by atoms with Gasteiger partial charge in [-0.3, -0.25) is 4.79 Å². The van der Waals surface area contributed by atoms with Gasteiger partial charge in [0.1, 0.15) is 5.75 Å². The number of carbonyl (C=O) groups is 1. The maximum absolute atomic E-state index is 12.6. The molecule has 0 atom stereocenters. The lowest BCUT2D eigenvalue weighted by molar-refractivity contribution is -0.274. The average molecular weight is 331 g/mol. The van der Waals surface area contributed by atoms with Gasteiger partial charge in [-0.25, -0.2) is 0 Å².